The van der Waals surface area contributed by atoms with E-state index in [1.165, 1.54) is 24.3 Å². The molecule has 0 amide bonds. The van der Waals surface area contributed by atoms with Crippen LogP contribution < -0.4 is 29.6 Å². The fourth-order valence-corrected chi connectivity index (χ4v) is 1.72. The van der Waals surface area contributed by atoms with E-state index in [2.05, 4.69) is 0 Å². The van der Waals surface area contributed by atoms with Gasteiger partial charge in [0.2, 0.25) is 0 Å². The number of hydrogen-bond donors (Lipinski definition) is 3. The van der Waals surface area contributed by atoms with Gasteiger partial charge in [-0.2, -0.15) is 0 Å². The van der Waals surface area contributed by atoms with Gasteiger partial charge in [-0.05, 0) is 12.1 Å². The van der Waals surface area contributed by atoms with E-state index in [0.29, 0.717) is 0 Å². The number of thiol groups is 1. The van der Waals surface area contributed by atoms with Gasteiger partial charge < -0.3 is 14.8 Å². The largest absolute Gasteiger partial charge is 1.00 e. The molecular formula is C7H9NaO4S. The predicted octanol–water partition coefficient (Wildman–Crippen LogP) is -3.15. The van der Waals surface area contributed by atoms with E-state index >= 15 is 0 Å². The molecule has 0 saturated heterocycles. The Kier molecular flexibility index (Phi) is 5.13. The van der Waals surface area contributed by atoms with Gasteiger partial charge in [0, 0.05) is 0 Å². The zero-order valence-electron chi connectivity index (χ0n) is 7.17. The van der Waals surface area contributed by atoms with E-state index in [4.69, 9.17) is 10.2 Å². The van der Waals surface area contributed by atoms with Gasteiger partial charge in [0.15, 0.2) is 0 Å². The summed E-state index contributed by atoms with van der Waals surface area (Å²) < 4.78 is 22.1. The number of aromatic hydroxyl groups is 1. The number of rotatable bonds is 2. The maximum absolute atomic E-state index is 11.0. The summed E-state index contributed by atoms with van der Waals surface area (Å²) in [5, 5.41) is 17.6. The maximum atomic E-state index is 11.0. The number of benzene rings is 1. The molecule has 0 spiro atoms. The van der Waals surface area contributed by atoms with E-state index in [1.807, 2.05) is 0 Å². The minimum Gasteiger partial charge on any atom is -0.766 e. The molecule has 0 radical (unpaired) electrons. The van der Waals surface area contributed by atoms with Crippen molar-refractivity contribution >= 4 is 10.2 Å². The van der Waals surface area contributed by atoms with Crippen molar-refractivity contribution in [1.82, 2.24) is 0 Å². The van der Waals surface area contributed by atoms with Crippen LogP contribution in [0.3, 0.4) is 0 Å². The van der Waals surface area contributed by atoms with Crippen LogP contribution in [-0.4, -0.2) is 24.9 Å². The second-order valence-corrected chi connectivity index (χ2v) is 4.42. The van der Waals surface area contributed by atoms with Gasteiger partial charge in [0.25, 0.3) is 0 Å². The van der Waals surface area contributed by atoms with Crippen molar-refractivity contribution in [2.45, 2.75) is 4.90 Å². The van der Waals surface area contributed by atoms with Crippen LogP contribution in [0.15, 0.2) is 29.2 Å². The second-order valence-electron chi connectivity index (χ2n) is 2.30. The molecule has 0 fully saturated rings. The first-order valence-corrected chi connectivity index (χ1v) is 5.08. The van der Waals surface area contributed by atoms with Gasteiger partial charge in [0.05, 0.1) is 4.90 Å². The van der Waals surface area contributed by atoms with Crippen molar-refractivity contribution in [2.75, 3.05) is 5.94 Å². The molecule has 2 N–H and O–H groups in total. The number of aliphatic hydroxyl groups excluding tert-OH is 1. The molecule has 0 saturated carbocycles. The van der Waals surface area contributed by atoms with Crippen LogP contribution >= 0.6 is 0 Å². The summed E-state index contributed by atoms with van der Waals surface area (Å²) in [5.41, 5.74) is 0. The second kappa shape index (κ2) is 5.09. The first-order valence-electron chi connectivity index (χ1n) is 3.27. The molecule has 68 valence electrons. The number of phenolic OH excluding ortho intramolecular Hbond substituents is 1. The van der Waals surface area contributed by atoms with Gasteiger partial charge in [-0.1, -0.05) is 12.1 Å². The third-order valence-electron chi connectivity index (χ3n) is 1.43. The molecule has 0 atom stereocenters. The van der Waals surface area contributed by atoms with Crippen LogP contribution in [0.2, 0.25) is 0 Å². The summed E-state index contributed by atoms with van der Waals surface area (Å²) in [5.74, 6) is -1.30. The Labute approximate surface area is 99.1 Å². The van der Waals surface area contributed by atoms with Crippen LogP contribution in [0.25, 0.3) is 0 Å². The van der Waals surface area contributed by atoms with Crippen LogP contribution in [0, 0.1) is 0 Å². The van der Waals surface area contributed by atoms with Crippen molar-refractivity contribution in [3.8, 4) is 5.75 Å². The molecule has 0 aliphatic carbocycles. The third kappa shape index (κ3) is 3.05. The molecule has 4 nitrogen and oxygen atoms in total. The van der Waals surface area contributed by atoms with E-state index in [9.17, 15) is 8.76 Å². The third-order valence-corrected chi connectivity index (χ3v) is 2.92. The van der Waals surface area contributed by atoms with Gasteiger partial charge in [-0.25, -0.2) is 4.21 Å². The average molecular weight is 212 g/mol. The first-order chi connectivity index (χ1) is 5.58. The molecule has 0 aliphatic rings. The molecule has 1 rings (SSSR count). The summed E-state index contributed by atoms with van der Waals surface area (Å²) in [6.07, 6.45) is 0. The fraction of sp³-hybridized carbons (Fsp3) is 0.143. The monoisotopic (exact) mass is 212 g/mol. The molecule has 13 heavy (non-hydrogen) atoms. The predicted molar refractivity (Wildman–Crippen MR) is 43.8 cm³/mol. The molecule has 0 heterocycles. The van der Waals surface area contributed by atoms with Gasteiger partial charge in [-0.3, -0.25) is 10.2 Å². The Hall–Kier alpha value is 0.0900. The molecule has 0 aliphatic heterocycles. The van der Waals surface area contributed by atoms with Crippen LogP contribution in [0.4, 0.5) is 0 Å². The zero-order valence-corrected chi connectivity index (χ0v) is 10.1. The van der Waals surface area contributed by atoms with Gasteiger partial charge in [-0.15, -0.1) is 0 Å². The van der Waals surface area contributed by atoms with Crippen molar-refractivity contribution in [1.29, 1.82) is 0 Å². The SMILES string of the molecule is O=[SH]([O-])(CO)c1ccccc1O.[Na+]. The number of para-hydroxylation sites is 1. The first kappa shape index (κ1) is 13.1. The van der Waals surface area contributed by atoms with E-state index in [1.54, 1.807) is 0 Å². The molecule has 1 aromatic carbocycles. The molecule has 1 aromatic rings. The minimum atomic E-state index is -4.01. The standard InChI is InChI=1S/C7H10O4S.Na/c8-5-12(10,11)7-4-2-1-3-6(7)9;/h1-4,8-9,12H,5H2,(H,10,11);/q;+1/p-1. The Morgan fingerprint density at radius 3 is 2.38 bits per heavy atom. The number of sulfone groups is 1. The van der Waals surface area contributed by atoms with E-state index in [-0.39, 0.29) is 40.2 Å². The zero-order chi connectivity index (χ0) is 9.19. The summed E-state index contributed by atoms with van der Waals surface area (Å²) >= 11 is 0. The molecule has 0 bridgehead atoms. The fourth-order valence-electron chi connectivity index (χ4n) is 0.828. The Morgan fingerprint density at radius 2 is 1.92 bits per heavy atom. The van der Waals surface area contributed by atoms with E-state index < -0.39 is 16.2 Å². The number of phenols is 1. The van der Waals surface area contributed by atoms with Crippen LogP contribution in [-0.2, 0) is 10.2 Å². The van der Waals surface area contributed by atoms with Crippen molar-refractivity contribution in [3.05, 3.63) is 24.3 Å². The van der Waals surface area contributed by atoms with Gasteiger partial charge in [0.1, 0.15) is 11.7 Å². The van der Waals surface area contributed by atoms with Crippen LogP contribution in [0.5, 0.6) is 5.75 Å². The van der Waals surface area contributed by atoms with Crippen molar-refractivity contribution < 1.29 is 48.5 Å². The summed E-state index contributed by atoms with van der Waals surface area (Å²) in [7, 11) is -4.01. The van der Waals surface area contributed by atoms with E-state index in [0.717, 1.165) is 0 Å². The topological polar surface area (TPSA) is 80.6 Å². The summed E-state index contributed by atoms with van der Waals surface area (Å²) in [6, 6.07) is 5.50. The number of aliphatic hydroxyl groups is 1. The maximum Gasteiger partial charge on any atom is 1.00 e. The van der Waals surface area contributed by atoms with Gasteiger partial charge >= 0.3 is 29.6 Å². The minimum absolute atomic E-state index is 0. The summed E-state index contributed by atoms with van der Waals surface area (Å²) in [4.78, 5) is -0.215. The molecule has 0 aromatic heterocycles. The Morgan fingerprint density at radius 1 is 1.38 bits per heavy atom. The normalized spacial score (nSPS) is 11.8. The Balaban J connectivity index is 0.00000144. The van der Waals surface area contributed by atoms with Crippen LogP contribution in [0.1, 0.15) is 0 Å². The molecular weight excluding hydrogens is 203 g/mol. The smallest absolute Gasteiger partial charge is 0.766 e. The Bertz CT molecular complexity index is 328. The molecule has 0 unspecified atom stereocenters. The van der Waals surface area contributed by atoms with Crippen molar-refractivity contribution in [2.24, 2.45) is 0 Å². The average Bonchev–Trinajstić information content (AvgIpc) is 2.05. The molecule has 6 heteroatoms. The van der Waals surface area contributed by atoms with Crippen molar-refractivity contribution in [3.63, 3.8) is 0 Å². The quantitative estimate of drug-likeness (QED) is 0.357. The number of hydrogen-bond acceptors (Lipinski definition) is 4. The summed E-state index contributed by atoms with van der Waals surface area (Å²) in [6.45, 7) is 0.